The lowest BCUT2D eigenvalue weighted by molar-refractivity contribution is 0.279. The third kappa shape index (κ3) is 1.29. The number of fused-ring (bicyclic) bond motifs is 1. The number of imidazole rings is 1. The largest absolute Gasteiger partial charge is 0.329 e. The molecule has 0 saturated heterocycles. The average molecular weight is 212 g/mol. The van der Waals surface area contributed by atoms with Crippen molar-refractivity contribution < 1.29 is 0 Å². The molecule has 0 bridgehead atoms. The van der Waals surface area contributed by atoms with Crippen LogP contribution in [0.25, 0.3) is 0 Å². The highest BCUT2D eigenvalue weighted by Gasteiger charge is 2.39. The average Bonchev–Trinajstić information content (AvgIpc) is 2.80. The Balaban J connectivity index is 2.16. The lowest BCUT2D eigenvalue weighted by Gasteiger charge is -2.28. The van der Waals surface area contributed by atoms with Gasteiger partial charge in [-0.15, -0.1) is 0 Å². The van der Waals surface area contributed by atoms with E-state index in [0.29, 0.717) is 6.04 Å². The molecule has 2 heteroatoms. The summed E-state index contributed by atoms with van der Waals surface area (Å²) in [5, 5.41) is 0. The molecule has 0 unspecified atom stereocenters. The number of hydrogen-bond acceptors (Lipinski definition) is 1. The SMILES string of the molecule is CC1(C)Cc2ccccc2[C@H]1n1ccnc1. The lowest BCUT2D eigenvalue weighted by Crippen LogP contribution is -2.23. The molecule has 16 heavy (non-hydrogen) atoms. The van der Waals surface area contributed by atoms with Crippen LogP contribution in [0, 0.1) is 5.41 Å². The summed E-state index contributed by atoms with van der Waals surface area (Å²) in [5.41, 5.74) is 3.20. The number of nitrogens with zero attached hydrogens (tertiary/aromatic N) is 2. The molecular weight excluding hydrogens is 196 g/mol. The van der Waals surface area contributed by atoms with Crippen LogP contribution in [0.2, 0.25) is 0 Å². The van der Waals surface area contributed by atoms with Crippen LogP contribution in [0.4, 0.5) is 0 Å². The van der Waals surface area contributed by atoms with Gasteiger partial charge in [0.15, 0.2) is 0 Å². The van der Waals surface area contributed by atoms with Crippen LogP contribution in [0.3, 0.4) is 0 Å². The molecule has 2 nitrogen and oxygen atoms in total. The van der Waals surface area contributed by atoms with E-state index >= 15 is 0 Å². The summed E-state index contributed by atoms with van der Waals surface area (Å²) in [6.45, 7) is 4.66. The van der Waals surface area contributed by atoms with Gasteiger partial charge in [-0.1, -0.05) is 38.1 Å². The van der Waals surface area contributed by atoms with Gasteiger partial charge in [0.05, 0.1) is 12.4 Å². The van der Waals surface area contributed by atoms with Gasteiger partial charge in [-0.2, -0.15) is 0 Å². The predicted octanol–water partition coefficient (Wildman–Crippen LogP) is 3.05. The Labute approximate surface area is 95.9 Å². The molecule has 3 rings (SSSR count). The molecule has 1 heterocycles. The van der Waals surface area contributed by atoms with E-state index in [0.717, 1.165) is 6.42 Å². The Hall–Kier alpha value is -1.57. The van der Waals surface area contributed by atoms with Crippen molar-refractivity contribution in [2.45, 2.75) is 26.3 Å². The van der Waals surface area contributed by atoms with Gasteiger partial charge in [0.2, 0.25) is 0 Å². The Bertz CT molecular complexity index is 497. The molecule has 0 spiro atoms. The van der Waals surface area contributed by atoms with Gasteiger partial charge < -0.3 is 4.57 Å². The first-order valence-corrected chi connectivity index (χ1v) is 5.74. The first-order chi connectivity index (χ1) is 7.68. The zero-order chi connectivity index (χ0) is 11.2. The molecule has 0 radical (unpaired) electrons. The first kappa shape index (κ1) is 9.64. The molecule has 82 valence electrons. The molecule has 0 amide bonds. The van der Waals surface area contributed by atoms with Crippen LogP contribution in [-0.2, 0) is 6.42 Å². The van der Waals surface area contributed by atoms with Crippen molar-refractivity contribution >= 4 is 0 Å². The van der Waals surface area contributed by atoms with Crippen molar-refractivity contribution in [3.8, 4) is 0 Å². The fourth-order valence-corrected chi connectivity index (χ4v) is 2.96. The minimum Gasteiger partial charge on any atom is -0.329 e. The maximum atomic E-state index is 4.17. The Morgan fingerprint density at radius 2 is 2.12 bits per heavy atom. The molecule has 0 saturated carbocycles. The van der Waals surface area contributed by atoms with Gasteiger partial charge in [-0.3, -0.25) is 0 Å². The molecule has 1 aromatic heterocycles. The van der Waals surface area contributed by atoms with Crippen LogP contribution < -0.4 is 0 Å². The van der Waals surface area contributed by atoms with Gasteiger partial charge in [0, 0.05) is 12.4 Å². The number of benzene rings is 1. The van der Waals surface area contributed by atoms with E-state index in [4.69, 9.17) is 0 Å². The maximum Gasteiger partial charge on any atom is 0.0951 e. The molecule has 0 aliphatic heterocycles. The number of hydrogen-bond donors (Lipinski definition) is 0. The molecular formula is C14H16N2. The van der Waals surface area contributed by atoms with Crippen molar-refractivity contribution in [1.82, 2.24) is 9.55 Å². The third-order valence-electron chi connectivity index (χ3n) is 3.56. The quantitative estimate of drug-likeness (QED) is 0.710. The molecule has 0 fully saturated rings. The normalized spacial score (nSPS) is 22.0. The third-order valence-corrected chi connectivity index (χ3v) is 3.56. The summed E-state index contributed by atoms with van der Waals surface area (Å²) in [7, 11) is 0. The first-order valence-electron chi connectivity index (χ1n) is 5.74. The second-order valence-corrected chi connectivity index (χ2v) is 5.28. The summed E-state index contributed by atoms with van der Waals surface area (Å²) in [5.74, 6) is 0. The Kier molecular flexibility index (Phi) is 1.93. The Morgan fingerprint density at radius 1 is 1.31 bits per heavy atom. The van der Waals surface area contributed by atoms with E-state index < -0.39 is 0 Å². The predicted molar refractivity (Wildman–Crippen MR) is 64.3 cm³/mol. The van der Waals surface area contributed by atoms with Crippen molar-refractivity contribution in [2.24, 2.45) is 5.41 Å². The van der Waals surface area contributed by atoms with Crippen molar-refractivity contribution in [3.63, 3.8) is 0 Å². The molecule has 2 aromatic rings. The molecule has 1 aromatic carbocycles. The van der Waals surface area contributed by atoms with Gasteiger partial charge in [-0.25, -0.2) is 4.98 Å². The minimum absolute atomic E-state index is 0.268. The van der Waals surface area contributed by atoms with Crippen LogP contribution >= 0.6 is 0 Å². The van der Waals surface area contributed by atoms with E-state index in [1.807, 2.05) is 12.5 Å². The fraction of sp³-hybridized carbons (Fsp3) is 0.357. The highest BCUT2D eigenvalue weighted by atomic mass is 15.1. The van der Waals surface area contributed by atoms with E-state index in [1.165, 1.54) is 11.1 Å². The molecule has 0 N–H and O–H groups in total. The van der Waals surface area contributed by atoms with Crippen LogP contribution in [-0.4, -0.2) is 9.55 Å². The van der Waals surface area contributed by atoms with Crippen molar-refractivity contribution in [2.75, 3.05) is 0 Å². The van der Waals surface area contributed by atoms with Gasteiger partial charge in [0.25, 0.3) is 0 Å². The van der Waals surface area contributed by atoms with Crippen LogP contribution in [0.15, 0.2) is 43.0 Å². The van der Waals surface area contributed by atoms with E-state index in [1.54, 1.807) is 0 Å². The monoisotopic (exact) mass is 212 g/mol. The Morgan fingerprint density at radius 3 is 2.88 bits per heavy atom. The minimum atomic E-state index is 0.268. The topological polar surface area (TPSA) is 17.8 Å². The van der Waals surface area contributed by atoms with Crippen molar-refractivity contribution in [3.05, 3.63) is 54.1 Å². The highest BCUT2D eigenvalue weighted by molar-refractivity contribution is 5.38. The highest BCUT2D eigenvalue weighted by Crippen LogP contribution is 2.47. The van der Waals surface area contributed by atoms with E-state index in [9.17, 15) is 0 Å². The summed E-state index contributed by atoms with van der Waals surface area (Å²) >= 11 is 0. The second-order valence-electron chi connectivity index (χ2n) is 5.28. The number of aromatic nitrogens is 2. The molecule has 1 atom stereocenters. The summed E-state index contributed by atoms with van der Waals surface area (Å²) in [6.07, 6.45) is 6.99. The lowest BCUT2D eigenvalue weighted by atomic mass is 9.85. The van der Waals surface area contributed by atoms with Crippen molar-refractivity contribution in [1.29, 1.82) is 0 Å². The van der Waals surface area contributed by atoms with E-state index in [-0.39, 0.29) is 5.41 Å². The summed E-state index contributed by atoms with van der Waals surface area (Å²) in [6, 6.07) is 9.17. The maximum absolute atomic E-state index is 4.17. The standard InChI is InChI=1S/C14H16N2/c1-14(2)9-11-5-3-4-6-12(11)13(14)16-8-7-15-10-16/h3-8,10,13H,9H2,1-2H3/t13-/m1/s1. The molecule has 1 aliphatic rings. The smallest absolute Gasteiger partial charge is 0.0951 e. The number of rotatable bonds is 1. The van der Waals surface area contributed by atoms with E-state index in [2.05, 4.69) is 53.9 Å². The molecule has 1 aliphatic carbocycles. The van der Waals surface area contributed by atoms with Gasteiger partial charge in [-0.05, 0) is 23.0 Å². The summed E-state index contributed by atoms with van der Waals surface area (Å²) in [4.78, 5) is 4.17. The second kappa shape index (κ2) is 3.21. The van der Waals surface area contributed by atoms with Crippen LogP contribution in [0.1, 0.15) is 31.0 Å². The van der Waals surface area contributed by atoms with Gasteiger partial charge >= 0.3 is 0 Å². The summed E-state index contributed by atoms with van der Waals surface area (Å²) < 4.78 is 2.23. The van der Waals surface area contributed by atoms with Crippen LogP contribution in [0.5, 0.6) is 0 Å². The van der Waals surface area contributed by atoms with Gasteiger partial charge in [0.1, 0.15) is 0 Å². The fourth-order valence-electron chi connectivity index (χ4n) is 2.96. The zero-order valence-corrected chi connectivity index (χ0v) is 9.72. The zero-order valence-electron chi connectivity index (χ0n) is 9.72.